The molecule has 4 aromatic heterocycles. The largest absolute Gasteiger partial charge is 0.490 e. The number of alkyl halides is 9. The van der Waals surface area contributed by atoms with Crippen LogP contribution in [0.1, 0.15) is 16.6 Å². The number of fused-ring (bicyclic) bond motifs is 1. The monoisotopic (exact) mass is 762 g/mol. The van der Waals surface area contributed by atoms with Gasteiger partial charge in [0.15, 0.2) is 0 Å². The normalized spacial score (nSPS) is 15.3. The topological polar surface area (TPSA) is 171 Å². The molecule has 280 valence electrons. The fourth-order valence-corrected chi connectivity index (χ4v) is 4.73. The van der Waals surface area contributed by atoms with Crippen molar-refractivity contribution in [1.82, 2.24) is 29.6 Å². The lowest BCUT2D eigenvalue weighted by atomic mass is 10.1. The van der Waals surface area contributed by atoms with E-state index in [-0.39, 0.29) is 6.04 Å². The van der Waals surface area contributed by atoms with E-state index in [9.17, 15) is 39.5 Å². The van der Waals surface area contributed by atoms with Crippen LogP contribution in [0.4, 0.5) is 39.5 Å². The highest BCUT2D eigenvalue weighted by Crippen LogP contribution is 2.29. The lowest BCUT2D eigenvalue weighted by Gasteiger charge is -2.38. The highest BCUT2D eigenvalue weighted by atomic mass is 32.1. The molecule has 1 saturated heterocycles. The second-order valence-corrected chi connectivity index (χ2v) is 11.1. The zero-order valence-electron chi connectivity index (χ0n) is 26.1. The molecule has 1 aliphatic heterocycles. The third kappa shape index (κ3) is 13.3. The number of carboxylic acid groups (broad SMARTS) is 3. The van der Waals surface area contributed by atoms with Gasteiger partial charge in [0.05, 0.1) is 18.7 Å². The molecule has 5 rings (SSSR count). The van der Waals surface area contributed by atoms with Crippen molar-refractivity contribution in [2.75, 3.05) is 33.8 Å². The summed E-state index contributed by atoms with van der Waals surface area (Å²) in [6, 6.07) is 12.6. The fraction of sp³-hybridized carbons (Fsp3) is 0.357. The molecule has 0 aliphatic carbocycles. The second kappa shape index (κ2) is 17.8. The Hall–Kier alpha value is -5.03. The van der Waals surface area contributed by atoms with Crippen LogP contribution in [0.15, 0.2) is 54.2 Å². The SMILES string of the molecule is COc1ccc(-c2ccc3c(C4CN(Cc5cccs5)CCN4C)nnn3c2)cn1.O=C(O)C(F)(F)F.O=C(O)C(F)(F)F.O=C(O)C(F)(F)F. The number of hydrogen-bond acceptors (Lipinski definition) is 10. The molecule has 0 radical (unpaired) electrons. The van der Waals surface area contributed by atoms with Crippen molar-refractivity contribution >= 4 is 34.8 Å². The summed E-state index contributed by atoms with van der Waals surface area (Å²) in [5.41, 5.74) is 4.15. The lowest BCUT2D eigenvalue weighted by molar-refractivity contribution is -0.193. The molecule has 1 atom stereocenters. The van der Waals surface area contributed by atoms with Gasteiger partial charge in [0.25, 0.3) is 0 Å². The quantitative estimate of drug-likeness (QED) is 0.226. The number of rotatable bonds is 5. The van der Waals surface area contributed by atoms with Gasteiger partial charge in [-0.2, -0.15) is 39.5 Å². The Kier molecular flexibility index (Phi) is 14.7. The zero-order chi connectivity index (χ0) is 38.7. The van der Waals surface area contributed by atoms with E-state index in [1.807, 2.05) is 40.4 Å². The molecule has 0 amide bonds. The molecular weight excluding hydrogens is 735 g/mol. The van der Waals surface area contributed by atoms with Crippen LogP contribution in [-0.2, 0) is 20.9 Å². The summed E-state index contributed by atoms with van der Waals surface area (Å²) in [7, 11) is 3.80. The molecule has 3 N–H and O–H groups in total. The molecule has 0 aromatic carbocycles. The third-order valence-electron chi connectivity index (χ3n) is 6.45. The van der Waals surface area contributed by atoms with Crippen LogP contribution in [-0.4, -0.2) is 115 Å². The van der Waals surface area contributed by atoms with Crippen LogP contribution >= 0.6 is 11.3 Å². The van der Waals surface area contributed by atoms with Gasteiger partial charge in [-0.05, 0) is 30.6 Å². The Bertz CT molecular complexity index is 1670. The van der Waals surface area contributed by atoms with Crippen LogP contribution < -0.4 is 4.74 Å². The number of pyridine rings is 2. The molecule has 5 heterocycles. The van der Waals surface area contributed by atoms with Crippen molar-refractivity contribution in [3.8, 4) is 17.0 Å². The average Bonchev–Trinajstić information content (AvgIpc) is 3.71. The van der Waals surface area contributed by atoms with Crippen LogP contribution in [0.3, 0.4) is 0 Å². The molecule has 13 nitrogen and oxygen atoms in total. The van der Waals surface area contributed by atoms with E-state index in [1.165, 1.54) is 4.88 Å². The van der Waals surface area contributed by atoms with Crippen molar-refractivity contribution in [2.45, 2.75) is 31.1 Å². The number of hydrogen-bond donors (Lipinski definition) is 3. The highest BCUT2D eigenvalue weighted by molar-refractivity contribution is 7.09. The zero-order valence-corrected chi connectivity index (χ0v) is 26.9. The maximum absolute atomic E-state index is 10.6. The number of carboxylic acids is 3. The van der Waals surface area contributed by atoms with Gasteiger partial charge in [-0.3, -0.25) is 9.80 Å². The Balaban J connectivity index is 0.000000352. The van der Waals surface area contributed by atoms with Gasteiger partial charge in [-0.15, -0.1) is 16.4 Å². The van der Waals surface area contributed by atoms with Gasteiger partial charge in [-0.1, -0.05) is 17.3 Å². The summed E-state index contributed by atoms with van der Waals surface area (Å²) in [6.45, 7) is 4.03. The second-order valence-electron chi connectivity index (χ2n) is 10.0. The minimum absolute atomic E-state index is 0.227. The first-order valence-corrected chi connectivity index (χ1v) is 14.6. The summed E-state index contributed by atoms with van der Waals surface area (Å²) < 4.78 is 102. The predicted octanol–water partition coefficient (Wildman–Crippen LogP) is 5.25. The van der Waals surface area contributed by atoms with E-state index < -0.39 is 36.4 Å². The summed E-state index contributed by atoms with van der Waals surface area (Å²) in [6.07, 6.45) is -11.4. The van der Waals surface area contributed by atoms with E-state index in [2.05, 4.69) is 61.8 Å². The maximum Gasteiger partial charge on any atom is 0.490 e. The number of nitrogens with zero attached hydrogens (tertiary/aromatic N) is 6. The van der Waals surface area contributed by atoms with E-state index in [4.69, 9.17) is 34.4 Å². The smallest absolute Gasteiger partial charge is 0.481 e. The number of ether oxygens (including phenoxy) is 1. The fourth-order valence-electron chi connectivity index (χ4n) is 3.99. The first-order chi connectivity index (χ1) is 23.5. The third-order valence-corrected chi connectivity index (χ3v) is 7.31. The van der Waals surface area contributed by atoms with E-state index in [0.717, 1.165) is 48.5 Å². The highest BCUT2D eigenvalue weighted by Gasteiger charge is 2.39. The first-order valence-electron chi connectivity index (χ1n) is 13.7. The molecular formula is C28H27F9N6O7S. The van der Waals surface area contributed by atoms with Crippen molar-refractivity contribution < 1.29 is 74.0 Å². The average molecular weight is 763 g/mol. The minimum Gasteiger partial charge on any atom is -0.481 e. The van der Waals surface area contributed by atoms with Gasteiger partial charge in [0, 0.05) is 60.6 Å². The molecule has 1 unspecified atom stereocenters. The van der Waals surface area contributed by atoms with Gasteiger partial charge < -0.3 is 20.1 Å². The molecule has 0 bridgehead atoms. The van der Waals surface area contributed by atoms with Crippen molar-refractivity contribution in [3.05, 3.63) is 64.7 Å². The summed E-state index contributed by atoms with van der Waals surface area (Å²) in [4.78, 5) is 37.3. The molecule has 0 spiro atoms. The first kappa shape index (κ1) is 42.1. The predicted molar refractivity (Wildman–Crippen MR) is 159 cm³/mol. The van der Waals surface area contributed by atoms with Crippen molar-refractivity contribution in [1.29, 1.82) is 0 Å². The summed E-state index contributed by atoms with van der Waals surface area (Å²) in [5.74, 6) is -7.66. The number of aromatic nitrogens is 4. The van der Waals surface area contributed by atoms with Crippen LogP contribution in [0, 0.1) is 0 Å². The van der Waals surface area contributed by atoms with Crippen molar-refractivity contribution in [2.24, 2.45) is 0 Å². The molecule has 1 fully saturated rings. The van der Waals surface area contributed by atoms with E-state index >= 15 is 0 Å². The van der Waals surface area contributed by atoms with Crippen LogP contribution in [0.25, 0.3) is 16.6 Å². The Labute approximate surface area is 285 Å². The van der Waals surface area contributed by atoms with Crippen LogP contribution in [0.2, 0.25) is 0 Å². The van der Waals surface area contributed by atoms with Crippen molar-refractivity contribution in [3.63, 3.8) is 0 Å². The van der Waals surface area contributed by atoms with E-state index in [0.29, 0.717) is 5.88 Å². The number of carbonyl (C=O) groups is 3. The molecule has 4 aromatic rings. The lowest BCUT2D eigenvalue weighted by Crippen LogP contribution is -2.46. The number of methoxy groups -OCH3 is 1. The Morgan fingerprint density at radius 2 is 1.41 bits per heavy atom. The number of aliphatic carboxylic acids is 3. The summed E-state index contributed by atoms with van der Waals surface area (Å²) >= 11 is 1.82. The van der Waals surface area contributed by atoms with E-state index in [1.54, 1.807) is 7.11 Å². The van der Waals surface area contributed by atoms with Crippen LogP contribution in [0.5, 0.6) is 5.88 Å². The molecule has 23 heteroatoms. The number of likely N-dealkylation sites (N-methyl/N-ethyl adjacent to an activating group) is 1. The molecule has 0 saturated carbocycles. The summed E-state index contributed by atoms with van der Waals surface area (Å²) in [5, 5.41) is 32.5. The maximum atomic E-state index is 10.6. The van der Waals surface area contributed by atoms with Gasteiger partial charge in [-0.25, -0.2) is 23.9 Å². The standard InChI is InChI=1S/C22H24N6OS.3C2HF3O2/c1-26-9-10-27(14-18-4-3-11-30-18)15-20(26)22-19-7-5-17(13-28(19)25-24-22)16-6-8-21(29-2)23-12-16;3*3-2(4,5)1(6)7/h3-8,11-13,20H,9-10,14-15H2,1-2H3;3*(H,6,7). The van der Waals surface area contributed by atoms with Gasteiger partial charge in [0.1, 0.15) is 5.69 Å². The minimum atomic E-state index is -5.08. The number of halogens is 9. The van der Waals surface area contributed by atoms with Gasteiger partial charge >= 0.3 is 36.4 Å². The molecule has 51 heavy (non-hydrogen) atoms. The molecule has 1 aliphatic rings. The number of thiophene rings is 1. The van der Waals surface area contributed by atoms with Gasteiger partial charge in [0.2, 0.25) is 5.88 Å². The number of piperazine rings is 1. The Morgan fingerprint density at radius 3 is 1.86 bits per heavy atom. The Morgan fingerprint density at radius 1 is 0.863 bits per heavy atom.